The van der Waals surface area contributed by atoms with Crippen LogP contribution in [0.15, 0.2) is 0 Å². The quantitative estimate of drug-likeness (QED) is 0.0350. The fourth-order valence-corrected chi connectivity index (χ4v) is 42.6. The molecule has 0 aromatic rings. The molecular formula is C36H50F28O3Sn2. The number of hydrogen-bond donors (Lipinski definition) is 0. The minimum atomic E-state index is -12.7. The molecule has 0 aliphatic rings. The maximum atomic E-state index is 16.6. The fourth-order valence-electron chi connectivity index (χ4n) is 6.26. The van der Waals surface area contributed by atoms with Crippen molar-refractivity contribution in [3.63, 3.8) is 0 Å². The molecule has 0 amide bonds. The summed E-state index contributed by atoms with van der Waals surface area (Å²) in [7, 11) is 0. The summed E-state index contributed by atoms with van der Waals surface area (Å²) in [6.45, 7) is -19.9. The van der Waals surface area contributed by atoms with Gasteiger partial charge in [-0.25, -0.2) is 0 Å². The van der Waals surface area contributed by atoms with Gasteiger partial charge in [-0.05, 0) is 0 Å². The second-order valence-electron chi connectivity index (χ2n) is 15.9. The summed E-state index contributed by atoms with van der Waals surface area (Å²) in [5, 5.41) is 0. The van der Waals surface area contributed by atoms with E-state index in [-0.39, 0.29) is 25.7 Å². The fraction of sp³-hybridized carbons (Fsp3) is 1.00. The van der Waals surface area contributed by atoms with Gasteiger partial charge >= 0.3 is 389 Å². The SMILES string of the molecule is CCCCCCCCCC[O][Sn]([O][Sn]([O]CCCCCCCCCC)([C](F)(F)C(F)(F)C(F)(F)CF)[C](F)(F)C(F)(F)C(F)(F)CF)([C](F)(F)C(F)(F)C(F)(F)CF)[C](F)(F)C(F)(F)C(F)(F)CF. The Kier molecular flexibility index (Phi) is 25.2. The second-order valence-corrected chi connectivity index (χ2v) is 36.3. The van der Waals surface area contributed by atoms with Crippen molar-refractivity contribution < 1.29 is 130 Å². The molecule has 69 heavy (non-hydrogen) atoms. The van der Waals surface area contributed by atoms with Crippen LogP contribution in [0.2, 0.25) is 0 Å². The first kappa shape index (κ1) is 68.5. The van der Waals surface area contributed by atoms with Crippen molar-refractivity contribution in [3.8, 4) is 0 Å². The van der Waals surface area contributed by atoms with Crippen LogP contribution < -0.4 is 0 Å². The Labute approximate surface area is 387 Å². The van der Waals surface area contributed by atoms with Crippen LogP contribution in [0.25, 0.3) is 0 Å². The zero-order chi connectivity index (χ0) is 54.7. The molecule has 0 aromatic heterocycles. The van der Waals surface area contributed by atoms with Crippen molar-refractivity contribution in [2.45, 2.75) is 180 Å². The standard InChI is InChI=1S/2C10H21O.4C4H2F7.O.2Sn/c2*1-2-3-4-5-6-7-8-9-10-11;4*5-1-3(8,9)4(10,11)2(6)7;;;/h2*2-10H2,1H3;4*1H2;;;/q2*-1;;;;;;2*+1. The van der Waals surface area contributed by atoms with Gasteiger partial charge in [0.05, 0.1) is 0 Å². The predicted octanol–water partition coefficient (Wildman–Crippen LogP) is 15.9. The zero-order valence-corrected chi connectivity index (χ0v) is 42.1. The third-order valence-electron chi connectivity index (χ3n) is 10.6. The zero-order valence-electron chi connectivity index (χ0n) is 36.4. The Bertz CT molecular complexity index is 1330. The van der Waals surface area contributed by atoms with Gasteiger partial charge in [-0.3, -0.25) is 0 Å². The van der Waals surface area contributed by atoms with Crippen molar-refractivity contribution in [3.05, 3.63) is 0 Å². The van der Waals surface area contributed by atoms with Crippen LogP contribution >= 0.6 is 0 Å². The third kappa shape index (κ3) is 13.0. The van der Waals surface area contributed by atoms with Crippen LogP contribution in [0, 0.1) is 0 Å². The van der Waals surface area contributed by atoms with E-state index < -0.39 is 180 Å². The van der Waals surface area contributed by atoms with E-state index in [1.54, 1.807) is 13.8 Å². The van der Waals surface area contributed by atoms with E-state index in [9.17, 15) is 52.7 Å². The molecule has 0 unspecified atom stereocenters. The molecule has 33 heteroatoms. The third-order valence-corrected chi connectivity index (χ3v) is 39.8. The summed E-state index contributed by atoms with van der Waals surface area (Å²) in [5.74, 6) is -64.7. The van der Waals surface area contributed by atoms with Crippen LogP contribution in [0.3, 0.4) is 0 Å². The van der Waals surface area contributed by atoms with E-state index in [2.05, 4.69) is 7.56 Å². The molecule has 0 bridgehead atoms. The van der Waals surface area contributed by atoms with Gasteiger partial charge in [0.1, 0.15) is 0 Å². The van der Waals surface area contributed by atoms with Crippen LogP contribution in [0.1, 0.15) is 117 Å². The molecule has 0 heterocycles. The van der Waals surface area contributed by atoms with E-state index in [1.165, 1.54) is 0 Å². The minimum absolute atomic E-state index is 0.0564. The van der Waals surface area contributed by atoms with Crippen molar-refractivity contribution in [2.24, 2.45) is 0 Å². The van der Waals surface area contributed by atoms with E-state index in [0.29, 0.717) is 38.5 Å². The van der Waals surface area contributed by atoms with Gasteiger partial charge in [0.15, 0.2) is 0 Å². The van der Waals surface area contributed by atoms with Crippen LogP contribution in [-0.4, -0.2) is 141 Å². The van der Waals surface area contributed by atoms with Crippen LogP contribution in [0.4, 0.5) is 123 Å². The normalized spacial score (nSPS) is 15.4. The summed E-state index contributed by atoms with van der Waals surface area (Å²) in [6, 6.07) is 0. The Morgan fingerprint density at radius 3 is 0.623 bits per heavy atom. The number of rotatable bonds is 38. The molecule has 0 saturated carbocycles. The molecule has 0 rings (SSSR count). The molecule has 0 N–H and O–H groups in total. The summed E-state index contributed by atoms with van der Waals surface area (Å²) in [5.41, 5.74) is 0. The molecule has 0 aliphatic heterocycles. The van der Waals surface area contributed by atoms with Gasteiger partial charge < -0.3 is 0 Å². The van der Waals surface area contributed by atoms with Crippen molar-refractivity contribution in [1.29, 1.82) is 0 Å². The average Bonchev–Trinajstić information content (AvgIpc) is 3.25. The van der Waals surface area contributed by atoms with Gasteiger partial charge in [0, 0.05) is 0 Å². The molecular weight excluding hydrogens is 1250 g/mol. The van der Waals surface area contributed by atoms with Gasteiger partial charge in [-0.1, -0.05) is 0 Å². The van der Waals surface area contributed by atoms with E-state index in [1.807, 2.05) is 0 Å². The number of alkyl halides is 28. The molecule has 3 nitrogen and oxygen atoms in total. The first-order chi connectivity index (χ1) is 31.1. The van der Waals surface area contributed by atoms with Crippen LogP contribution in [0.5, 0.6) is 0 Å². The maximum absolute atomic E-state index is 16.6. The average molecular weight is 1300 g/mol. The van der Waals surface area contributed by atoms with Crippen LogP contribution in [-0.2, 0) is 7.56 Å². The summed E-state index contributed by atoms with van der Waals surface area (Å²) in [4.78, 5) is 0. The van der Waals surface area contributed by atoms with Crippen molar-refractivity contribution in [2.75, 3.05) is 39.9 Å². The monoisotopic (exact) mass is 1300 g/mol. The summed E-state index contributed by atoms with van der Waals surface area (Å²) >= 11 is -25.5. The molecule has 0 atom stereocenters. The van der Waals surface area contributed by atoms with Gasteiger partial charge in [0.2, 0.25) is 0 Å². The molecule has 0 radical (unpaired) electrons. The molecule has 0 saturated heterocycles. The summed E-state index contributed by atoms with van der Waals surface area (Å²) in [6.07, 6.45) is -2.58. The van der Waals surface area contributed by atoms with Gasteiger partial charge in [0.25, 0.3) is 0 Å². The number of hydrogen-bond acceptors (Lipinski definition) is 3. The van der Waals surface area contributed by atoms with Crippen molar-refractivity contribution in [1.82, 2.24) is 0 Å². The van der Waals surface area contributed by atoms with E-state index >= 15 is 70.2 Å². The first-order valence-electron chi connectivity index (χ1n) is 20.8. The number of halogens is 28. The Morgan fingerprint density at radius 2 is 0.449 bits per heavy atom. The first-order valence-corrected chi connectivity index (χ1v) is 31.2. The molecule has 0 aliphatic carbocycles. The molecule has 416 valence electrons. The second kappa shape index (κ2) is 25.4. The predicted molar refractivity (Wildman–Crippen MR) is 193 cm³/mol. The molecule has 0 aromatic carbocycles. The Morgan fingerprint density at radius 1 is 0.275 bits per heavy atom. The van der Waals surface area contributed by atoms with E-state index in [4.69, 9.17) is 0 Å². The molecule has 0 spiro atoms. The van der Waals surface area contributed by atoms with Gasteiger partial charge in [-0.15, -0.1) is 0 Å². The van der Waals surface area contributed by atoms with E-state index in [0.717, 1.165) is 0 Å². The Hall–Kier alpha value is -0.483. The molecule has 0 fully saturated rings. The topological polar surface area (TPSA) is 27.7 Å². The van der Waals surface area contributed by atoms with Gasteiger partial charge in [-0.2, -0.15) is 0 Å². The summed E-state index contributed by atoms with van der Waals surface area (Å²) < 4.78 is 400. The Balaban J connectivity index is 9.56. The number of unbranched alkanes of at least 4 members (excludes halogenated alkanes) is 14. The van der Waals surface area contributed by atoms with Crippen molar-refractivity contribution >= 4 is 38.4 Å².